The molecule has 0 saturated heterocycles. The Balaban J connectivity index is 1.71. The van der Waals surface area contributed by atoms with Crippen molar-refractivity contribution in [3.05, 3.63) is 99.5 Å². The van der Waals surface area contributed by atoms with Gasteiger partial charge in [-0.15, -0.1) is 11.3 Å². The quantitative estimate of drug-likeness (QED) is 0.220. The SMILES string of the molecule is Cc1nc(SCC(=O)c2ccc(Cl)cc2)c(C#N)c(-c2cccs2)c1C(=O)Nc1ccccc1. The van der Waals surface area contributed by atoms with Crippen molar-refractivity contribution in [1.82, 2.24) is 4.98 Å². The molecular weight excluding hydrogens is 486 g/mol. The average molecular weight is 504 g/mol. The number of benzene rings is 2. The topological polar surface area (TPSA) is 82.8 Å². The van der Waals surface area contributed by atoms with Gasteiger partial charge in [0.05, 0.1) is 22.6 Å². The summed E-state index contributed by atoms with van der Waals surface area (Å²) >= 11 is 8.53. The number of aromatic nitrogens is 1. The molecule has 0 aliphatic heterocycles. The van der Waals surface area contributed by atoms with E-state index in [0.717, 1.165) is 4.88 Å². The van der Waals surface area contributed by atoms with Gasteiger partial charge in [0, 0.05) is 26.7 Å². The van der Waals surface area contributed by atoms with Crippen molar-refractivity contribution in [2.24, 2.45) is 0 Å². The number of thiophene rings is 1. The Morgan fingerprint density at radius 3 is 2.47 bits per heavy atom. The lowest BCUT2D eigenvalue weighted by Crippen LogP contribution is -2.17. The van der Waals surface area contributed by atoms with Crippen LogP contribution in [0, 0.1) is 18.3 Å². The highest BCUT2D eigenvalue weighted by molar-refractivity contribution is 8.00. The molecule has 4 rings (SSSR count). The predicted octanol–water partition coefficient (Wildman–Crippen LogP) is 6.87. The summed E-state index contributed by atoms with van der Waals surface area (Å²) in [6, 6.07) is 21.7. The Morgan fingerprint density at radius 2 is 1.82 bits per heavy atom. The number of pyridine rings is 1. The van der Waals surface area contributed by atoms with Gasteiger partial charge in [0.1, 0.15) is 11.1 Å². The van der Waals surface area contributed by atoms with E-state index in [1.807, 2.05) is 35.7 Å². The van der Waals surface area contributed by atoms with Crippen molar-refractivity contribution in [1.29, 1.82) is 5.26 Å². The number of thioether (sulfide) groups is 1. The summed E-state index contributed by atoms with van der Waals surface area (Å²) in [6.07, 6.45) is 0. The Kier molecular flexibility index (Phi) is 7.43. The maximum absolute atomic E-state index is 13.3. The highest BCUT2D eigenvalue weighted by Crippen LogP contribution is 2.37. The molecule has 8 heteroatoms. The number of hydrogen-bond donors (Lipinski definition) is 1. The zero-order valence-corrected chi connectivity index (χ0v) is 20.4. The van der Waals surface area contributed by atoms with E-state index in [4.69, 9.17) is 11.6 Å². The van der Waals surface area contributed by atoms with Crippen LogP contribution in [0.1, 0.15) is 32.0 Å². The van der Waals surface area contributed by atoms with E-state index in [1.54, 1.807) is 43.3 Å². The van der Waals surface area contributed by atoms with Gasteiger partial charge in [-0.1, -0.05) is 47.6 Å². The van der Waals surface area contributed by atoms with Gasteiger partial charge in [-0.05, 0) is 54.8 Å². The summed E-state index contributed by atoms with van der Waals surface area (Å²) < 4.78 is 0. The number of ketones is 1. The first-order valence-electron chi connectivity index (χ1n) is 10.2. The molecule has 0 unspecified atom stereocenters. The van der Waals surface area contributed by atoms with Crippen molar-refractivity contribution in [3.63, 3.8) is 0 Å². The van der Waals surface area contributed by atoms with Crippen molar-refractivity contribution in [2.75, 3.05) is 11.1 Å². The van der Waals surface area contributed by atoms with Gasteiger partial charge in [-0.3, -0.25) is 9.59 Å². The van der Waals surface area contributed by atoms with E-state index < -0.39 is 0 Å². The van der Waals surface area contributed by atoms with E-state index in [0.29, 0.717) is 38.1 Å². The highest BCUT2D eigenvalue weighted by Gasteiger charge is 2.25. The van der Waals surface area contributed by atoms with Crippen LogP contribution in [0.15, 0.2) is 77.1 Å². The number of para-hydroxylation sites is 1. The van der Waals surface area contributed by atoms with Crippen molar-refractivity contribution >= 4 is 52.1 Å². The third-order valence-electron chi connectivity index (χ3n) is 4.99. The molecule has 5 nitrogen and oxygen atoms in total. The van der Waals surface area contributed by atoms with Crippen LogP contribution in [-0.4, -0.2) is 22.4 Å². The number of nitrogens with zero attached hydrogens (tertiary/aromatic N) is 2. The zero-order valence-electron chi connectivity index (χ0n) is 18.0. The molecule has 1 N–H and O–H groups in total. The second kappa shape index (κ2) is 10.7. The molecule has 0 radical (unpaired) electrons. The molecule has 1 amide bonds. The smallest absolute Gasteiger partial charge is 0.258 e. The van der Waals surface area contributed by atoms with Crippen LogP contribution in [0.2, 0.25) is 5.02 Å². The first kappa shape index (κ1) is 23.7. The first-order valence-corrected chi connectivity index (χ1v) is 12.5. The standard InChI is InChI=1S/C26H18ClN3O2S2/c1-16-23(25(32)30-19-6-3-2-4-7-19)24(22-8-5-13-33-22)20(14-28)26(29-16)34-15-21(31)17-9-11-18(27)12-10-17/h2-13H,15H2,1H3,(H,30,32). The zero-order chi connectivity index (χ0) is 24.1. The minimum absolute atomic E-state index is 0.0994. The van der Waals surface area contributed by atoms with Crippen LogP contribution < -0.4 is 5.32 Å². The summed E-state index contributed by atoms with van der Waals surface area (Å²) in [6.45, 7) is 1.74. The van der Waals surface area contributed by atoms with Crippen LogP contribution in [-0.2, 0) is 0 Å². The predicted molar refractivity (Wildman–Crippen MR) is 138 cm³/mol. The second-order valence-corrected chi connectivity index (χ2v) is 9.60. The van der Waals surface area contributed by atoms with Gasteiger partial charge in [-0.25, -0.2) is 4.98 Å². The molecule has 0 spiro atoms. The largest absolute Gasteiger partial charge is 0.322 e. The van der Waals surface area contributed by atoms with Crippen LogP contribution >= 0.6 is 34.7 Å². The fourth-order valence-corrected chi connectivity index (χ4v) is 5.24. The monoisotopic (exact) mass is 503 g/mol. The van der Waals surface area contributed by atoms with Gasteiger partial charge in [0.15, 0.2) is 5.78 Å². The molecule has 0 saturated carbocycles. The number of nitriles is 1. The van der Waals surface area contributed by atoms with E-state index in [-0.39, 0.29) is 23.0 Å². The number of amides is 1. The fraction of sp³-hybridized carbons (Fsp3) is 0.0769. The van der Waals surface area contributed by atoms with E-state index >= 15 is 0 Å². The molecule has 0 atom stereocenters. The molecule has 2 aromatic carbocycles. The maximum atomic E-state index is 13.3. The summed E-state index contributed by atoms with van der Waals surface area (Å²) in [5.41, 5.74) is 2.81. The number of aryl methyl sites for hydroxylation is 1. The lowest BCUT2D eigenvalue weighted by Gasteiger charge is -2.16. The van der Waals surface area contributed by atoms with Gasteiger partial charge in [0.2, 0.25) is 0 Å². The van der Waals surface area contributed by atoms with E-state index in [9.17, 15) is 14.9 Å². The Hall–Kier alpha value is -3.44. The number of nitrogens with one attached hydrogen (secondary N) is 1. The first-order chi connectivity index (χ1) is 16.5. The minimum Gasteiger partial charge on any atom is -0.322 e. The summed E-state index contributed by atoms with van der Waals surface area (Å²) in [5.74, 6) is -0.346. The molecule has 2 heterocycles. The summed E-state index contributed by atoms with van der Waals surface area (Å²) in [5, 5.41) is 15.8. The number of hydrogen-bond acceptors (Lipinski definition) is 6. The molecular formula is C26H18ClN3O2S2. The van der Waals surface area contributed by atoms with Crippen molar-refractivity contribution < 1.29 is 9.59 Å². The number of anilines is 1. The third-order valence-corrected chi connectivity index (χ3v) is 7.10. The van der Waals surface area contributed by atoms with Crippen molar-refractivity contribution in [2.45, 2.75) is 11.9 Å². The Bertz CT molecular complexity index is 1380. The lowest BCUT2D eigenvalue weighted by molar-refractivity contribution is 0.101. The van der Waals surface area contributed by atoms with Crippen LogP contribution in [0.4, 0.5) is 5.69 Å². The lowest BCUT2D eigenvalue weighted by atomic mass is 9.99. The van der Waals surface area contributed by atoms with Crippen LogP contribution in [0.5, 0.6) is 0 Å². The third kappa shape index (κ3) is 5.20. The fourth-order valence-electron chi connectivity index (χ4n) is 3.40. The van der Waals surface area contributed by atoms with Crippen molar-refractivity contribution in [3.8, 4) is 16.5 Å². The average Bonchev–Trinajstić information content (AvgIpc) is 3.37. The van der Waals surface area contributed by atoms with Crippen LogP contribution in [0.25, 0.3) is 10.4 Å². The summed E-state index contributed by atoms with van der Waals surface area (Å²) in [4.78, 5) is 31.3. The van der Waals surface area contributed by atoms with Gasteiger partial charge >= 0.3 is 0 Å². The van der Waals surface area contributed by atoms with E-state index in [2.05, 4.69) is 16.4 Å². The van der Waals surface area contributed by atoms with Crippen LogP contribution in [0.3, 0.4) is 0 Å². The molecule has 0 bridgehead atoms. The van der Waals surface area contributed by atoms with Gasteiger partial charge in [0.25, 0.3) is 5.91 Å². The number of carbonyl (C=O) groups excluding carboxylic acids is 2. The number of rotatable bonds is 7. The summed E-state index contributed by atoms with van der Waals surface area (Å²) in [7, 11) is 0. The molecule has 2 aromatic heterocycles. The minimum atomic E-state index is -0.343. The highest BCUT2D eigenvalue weighted by atomic mass is 35.5. The maximum Gasteiger partial charge on any atom is 0.258 e. The second-order valence-electron chi connectivity index (χ2n) is 7.26. The number of Topliss-reactive ketones (excluding diaryl/α,β-unsaturated/α-hetero) is 1. The Labute approximate surface area is 210 Å². The molecule has 0 aliphatic rings. The molecule has 168 valence electrons. The number of carbonyl (C=O) groups is 2. The normalized spacial score (nSPS) is 10.5. The van der Waals surface area contributed by atoms with Gasteiger partial charge in [-0.2, -0.15) is 5.26 Å². The molecule has 0 aliphatic carbocycles. The molecule has 34 heavy (non-hydrogen) atoms. The Morgan fingerprint density at radius 1 is 1.09 bits per heavy atom. The molecule has 4 aromatic rings. The van der Waals surface area contributed by atoms with Gasteiger partial charge < -0.3 is 5.32 Å². The molecule has 0 fully saturated rings. The van der Waals surface area contributed by atoms with E-state index in [1.165, 1.54) is 23.1 Å². The number of halogens is 1.